The predicted octanol–water partition coefficient (Wildman–Crippen LogP) is 2.28. The number of likely N-dealkylation sites (N-methyl/N-ethyl adjacent to an activating group) is 1. The fourth-order valence-electron chi connectivity index (χ4n) is 3.79. The third-order valence-corrected chi connectivity index (χ3v) is 6.09. The normalized spacial score (nSPS) is 17.4. The number of hydrogen-bond acceptors (Lipinski definition) is 4. The second kappa shape index (κ2) is 8.90. The highest BCUT2D eigenvalue weighted by Crippen LogP contribution is 2.26. The lowest BCUT2D eigenvalue weighted by molar-refractivity contribution is -0.132. The topological polar surface area (TPSA) is 96.3 Å². The maximum Gasteiger partial charge on any atom is 0.272 e. The summed E-state index contributed by atoms with van der Waals surface area (Å²) >= 11 is 0. The molecule has 0 unspecified atom stereocenters. The lowest BCUT2D eigenvalue weighted by Gasteiger charge is -2.40. The van der Waals surface area contributed by atoms with Crippen molar-refractivity contribution in [1.82, 2.24) is 25.3 Å². The summed E-state index contributed by atoms with van der Waals surface area (Å²) in [6.07, 6.45) is 0. The Labute approximate surface area is 192 Å². The van der Waals surface area contributed by atoms with Crippen molar-refractivity contribution < 1.29 is 14.4 Å². The standard InChI is InChI=1S/C25H27N5O3/c1-17-9-11-19(12-10-17)15-27-24(33)25(2)16-30-21(23(32)29(25)3)13-20(28-30)22(31)26-14-18-7-5-4-6-8-18/h4-13H,14-16H2,1-3H3,(H,26,31)(H,27,33)/t25-/m1/s1. The minimum Gasteiger partial charge on any atom is -0.350 e. The van der Waals surface area contributed by atoms with Gasteiger partial charge in [-0.1, -0.05) is 60.2 Å². The van der Waals surface area contributed by atoms with E-state index < -0.39 is 5.54 Å². The molecule has 33 heavy (non-hydrogen) atoms. The highest BCUT2D eigenvalue weighted by molar-refractivity contribution is 6.01. The zero-order valence-electron chi connectivity index (χ0n) is 19.0. The summed E-state index contributed by atoms with van der Waals surface area (Å²) in [5.74, 6) is -1.01. The number of aryl methyl sites for hydroxylation is 1. The van der Waals surface area contributed by atoms with Gasteiger partial charge >= 0.3 is 0 Å². The van der Waals surface area contributed by atoms with Crippen molar-refractivity contribution in [3.8, 4) is 0 Å². The summed E-state index contributed by atoms with van der Waals surface area (Å²) in [6, 6.07) is 18.9. The van der Waals surface area contributed by atoms with E-state index in [1.165, 1.54) is 15.6 Å². The van der Waals surface area contributed by atoms with E-state index in [1.807, 2.05) is 61.5 Å². The molecule has 1 atom stereocenters. The van der Waals surface area contributed by atoms with Gasteiger partial charge in [-0.15, -0.1) is 0 Å². The van der Waals surface area contributed by atoms with E-state index in [0.717, 1.165) is 16.7 Å². The first kappa shape index (κ1) is 22.3. The van der Waals surface area contributed by atoms with Gasteiger partial charge in [0.1, 0.15) is 11.2 Å². The number of nitrogens with zero attached hydrogens (tertiary/aromatic N) is 3. The molecule has 170 valence electrons. The fourth-order valence-corrected chi connectivity index (χ4v) is 3.79. The van der Waals surface area contributed by atoms with Crippen LogP contribution in [0.3, 0.4) is 0 Å². The van der Waals surface area contributed by atoms with Gasteiger partial charge in [0.05, 0.1) is 6.54 Å². The summed E-state index contributed by atoms with van der Waals surface area (Å²) in [6.45, 7) is 4.57. The van der Waals surface area contributed by atoms with Crippen molar-refractivity contribution >= 4 is 17.7 Å². The van der Waals surface area contributed by atoms with Crippen LogP contribution in [0, 0.1) is 6.92 Å². The van der Waals surface area contributed by atoms with Crippen molar-refractivity contribution in [1.29, 1.82) is 0 Å². The van der Waals surface area contributed by atoms with Gasteiger partial charge in [-0.3, -0.25) is 19.1 Å². The molecule has 2 heterocycles. The molecule has 2 aromatic carbocycles. The molecule has 1 aliphatic heterocycles. The molecule has 2 N–H and O–H groups in total. The molecule has 1 aromatic heterocycles. The molecule has 3 amide bonds. The quantitative estimate of drug-likeness (QED) is 0.608. The molecule has 3 aromatic rings. The Balaban J connectivity index is 1.47. The number of fused-ring (bicyclic) bond motifs is 1. The molecule has 0 fully saturated rings. The van der Waals surface area contributed by atoms with Crippen LogP contribution in [-0.2, 0) is 24.4 Å². The van der Waals surface area contributed by atoms with E-state index in [0.29, 0.717) is 13.1 Å². The van der Waals surface area contributed by atoms with E-state index in [1.54, 1.807) is 14.0 Å². The lowest BCUT2D eigenvalue weighted by Crippen LogP contribution is -2.62. The predicted molar refractivity (Wildman–Crippen MR) is 123 cm³/mol. The highest BCUT2D eigenvalue weighted by Gasteiger charge is 2.46. The van der Waals surface area contributed by atoms with Gasteiger partial charge in [0.25, 0.3) is 11.8 Å². The molecular weight excluding hydrogens is 418 g/mol. The molecule has 8 nitrogen and oxygen atoms in total. The van der Waals surface area contributed by atoms with Crippen LogP contribution in [0.4, 0.5) is 0 Å². The molecule has 0 radical (unpaired) electrons. The zero-order valence-corrected chi connectivity index (χ0v) is 19.0. The Morgan fingerprint density at radius 2 is 1.64 bits per heavy atom. The number of amides is 3. The van der Waals surface area contributed by atoms with Gasteiger partial charge < -0.3 is 15.5 Å². The van der Waals surface area contributed by atoms with Crippen LogP contribution < -0.4 is 10.6 Å². The molecule has 4 rings (SSSR count). The van der Waals surface area contributed by atoms with Gasteiger partial charge in [0, 0.05) is 26.2 Å². The molecule has 0 aliphatic carbocycles. The monoisotopic (exact) mass is 445 g/mol. The molecular formula is C25H27N5O3. The van der Waals surface area contributed by atoms with Gasteiger partial charge in [-0.25, -0.2) is 0 Å². The second-order valence-electron chi connectivity index (χ2n) is 8.55. The van der Waals surface area contributed by atoms with Crippen molar-refractivity contribution in [2.24, 2.45) is 0 Å². The zero-order chi connectivity index (χ0) is 23.6. The summed E-state index contributed by atoms with van der Waals surface area (Å²) in [5, 5.41) is 10.1. The maximum absolute atomic E-state index is 13.1. The van der Waals surface area contributed by atoms with Crippen molar-refractivity contribution in [3.63, 3.8) is 0 Å². The molecule has 1 aliphatic rings. The molecule has 0 saturated heterocycles. The molecule has 0 spiro atoms. The van der Waals surface area contributed by atoms with Gasteiger partial charge in [-0.05, 0) is 25.0 Å². The largest absolute Gasteiger partial charge is 0.350 e. The average Bonchev–Trinajstić information content (AvgIpc) is 3.25. The smallest absolute Gasteiger partial charge is 0.272 e. The van der Waals surface area contributed by atoms with Crippen molar-refractivity contribution in [2.45, 2.75) is 39.0 Å². The van der Waals surface area contributed by atoms with E-state index in [-0.39, 0.29) is 35.7 Å². The molecule has 0 bridgehead atoms. The number of rotatable bonds is 6. The Bertz CT molecular complexity index is 1190. The third-order valence-electron chi connectivity index (χ3n) is 6.09. The third kappa shape index (κ3) is 4.50. The van der Waals surface area contributed by atoms with E-state index in [2.05, 4.69) is 15.7 Å². The van der Waals surface area contributed by atoms with Gasteiger partial charge in [0.2, 0.25) is 5.91 Å². The summed E-state index contributed by atoms with van der Waals surface area (Å²) in [7, 11) is 1.60. The Morgan fingerprint density at radius 3 is 2.33 bits per heavy atom. The molecule has 8 heteroatoms. The van der Waals surface area contributed by atoms with Crippen LogP contribution in [0.25, 0.3) is 0 Å². The number of hydrogen-bond donors (Lipinski definition) is 2. The van der Waals surface area contributed by atoms with Gasteiger partial charge in [0.15, 0.2) is 5.69 Å². The van der Waals surface area contributed by atoms with E-state index in [4.69, 9.17) is 0 Å². The van der Waals surface area contributed by atoms with Crippen LogP contribution in [-0.4, -0.2) is 45.0 Å². The number of benzene rings is 2. The Hall–Kier alpha value is -3.94. The van der Waals surface area contributed by atoms with E-state index in [9.17, 15) is 14.4 Å². The maximum atomic E-state index is 13.1. The molecule has 0 saturated carbocycles. The Morgan fingerprint density at radius 1 is 1.00 bits per heavy atom. The first-order valence-corrected chi connectivity index (χ1v) is 10.8. The Kier molecular flexibility index (Phi) is 6.00. The van der Waals surface area contributed by atoms with Crippen molar-refractivity contribution in [3.05, 3.63) is 88.7 Å². The van der Waals surface area contributed by atoms with Crippen LogP contribution in [0.2, 0.25) is 0 Å². The van der Waals surface area contributed by atoms with E-state index >= 15 is 0 Å². The second-order valence-corrected chi connectivity index (χ2v) is 8.55. The summed E-state index contributed by atoms with van der Waals surface area (Å²) in [4.78, 5) is 40.1. The summed E-state index contributed by atoms with van der Waals surface area (Å²) < 4.78 is 1.45. The summed E-state index contributed by atoms with van der Waals surface area (Å²) in [5.41, 5.74) is 2.36. The minimum absolute atomic E-state index is 0.145. The first-order valence-electron chi connectivity index (χ1n) is 10.8. The first-order chi connectivity index (χ1) is 15.8. The average molecular weight is 446 g/mol. The van der Waals surface area contributed by atoms with Crippen molar-refractivity contribution in [2.75, 3.05) is 7.05 Å². The van der Waals surface area contributed by atoms with Crippen LogP contribution in [0.5, 0.6) is 0 Å². The lowest BCUT2D eigenvalue weighted by atomic mass is 9.95. The number of aromatic nitrogens is 2. The highest BCUT2D eigenvalue weighted by atomic mass is 16.2. The van der Waals surface area contributed by atoms with Crippen LogP contribution in [0.1, 0.15) is 44.6 Å². The number of carbonyl (C=O) groups excluding carboxylic acids is 3. The fraction of sp³-hybridized carbons (Fsp3) is 0.280. The van der Waals surface area contributed by atoms with Crippen LogP contribution in [0.15, 0.2) is 60.7 Å². The van der Waals surface area contributed by atoms with Crippen LogP contribution >= 0.6 is 0 Å². The SMILES string of the molecule is Cc1ccc(CNC(=O)[C@@]2(C)Cn3nc(C(=O)NCc4ccccc4)cc3C(=O)N2C)cc1. The number of carbonyl (C=O) groups is 3. The van der Waals surface area contributed by atoms with Gasteiger partial charge in [-0.2, -0.15) is 5.10 Å². The number of nitrogens with one attached hydrogen (secondary N) is 2. The minimum atomic E-state index is -1.14.